The van der Waals surface area contributed by atoms with Gasteiger partial charge in [-0.1, -0.05) is 5.92 Å². The average molecular weight is 203 g/mol. The Balaban J connectivity index is 2.76. The lowest BCUT2D eigenvalue weighted by molar-refractivity contribution is 0.671. The van der Waals surface area contributed by atoms with Gasteiger partial charge in [0.05, 0.1) is 6.33 Å². The number of nitrogen functional groups attached to an aromatic ring is 2. The number of hydrogen-bond acceptors (Lipinski definition) is 6. The third-order valence-electron chi connectivity index (χ3n) is 1.94. The molecule has 0 aromatic carbocycles. The highest BCUT2D eigenvalue weighted by Gasteiger charge is 2.12. The normalized spacial score (nSPS) is 12.5. The van der Waals surface area contributed by atoms with Crippen LogP contribution in [0, 0.1) is 12.3 Å². The number of hydrogen-bond donors (Lipinski definition) is 3. The van der Waals surface area contributed by atoms with Crippen molar-refractivity contribution in [1.82, 2.24) is 19.5 Å². The Morgan fingerprint density at radius 1 is 1.40 bits per heavy atom. The van der Waals surface area contributed by atoms with Crippen molar-refractivity contribution in [3.63, 3.8) is 0 Å². The molecule has 0 radical (unpaired) electrons. The third-order valence-corrected chi connectivity index (χ3v) is 1.94. The molecule has 15 heavy (non-hydrogen) atoms. The molecule has 0 aliphatic carbocycles. The first kappa shape index (κ1) is 9.23. The number of nitrogens with two attached hydrogens (primary N) is 3. The molecule has 1 atom stereocenters. The number of fused-ring (bicyclic) bond motifs is 1. The highest BCUT2D eigenvalue weighted by atomic mass is 15.2. The quantitative estimate of drug-likeness (QED) is 0.515. The Kier molecular flexibility index (Phi) is 1.91. The van der Waals surface area contributed by atoms with Gasteiger partial charge in [0.15, 0.2) is 11.5 Å². The zero-order chi connectivity index (χ0) is 11.0. The summed E-state index contributed by atoms with van der Waals surface area (Å²) in [5.74, 6) is 2.64. The predicted octanol–water partition coefficient (Wildman–Crippen LogP) is -0.919. The van der Waals surface area contributed by atoms with E-state index in [1.807, 2.05) is 0 Å². The Labute approximate surface area is 85.3 Å². The van der Waals surface area contributed by atoms with E-state index in [4.69, 9.17) is 23.6 Å². The maximum Gasteiger partial charge on any atom is 0.224 e. The maximum atomic E-state index is 5.68. The first-order valence-electron chi connectivity index (χ1n) is 4.10. The molecule has 0 aliphatic heterocycles. The van der Waals surface area contributed by atoms with Gasteiger partial charge >= 0.3 is 0 Å². The summed E-state index contributed by atoms with van der Waals surface area (Å²) in [6.45, 7) is 0. The van der Waals surface area contributed by atoms with Crippen molar-refractivity contribution < 1.29 is 0 Å². The lowest BCUT2D eigenvalue weighted by Crippen LogP contribution is -2.16. The van der Waals surface area contributed by atoms with E-state index < -0.39 is 6.17 Å². The summed E-state index contributed by atoms with van der Waals surface area (Å²) in [7, 11) is 0. The molecule has 2 rings (SSSR count). The molecular weight excluding hydrogens is 194 g/mol. The van der Waals surface area contributed by atoms with Gasteiger partial charge in [-0.25, -0.2) is 4.98 Å². The maximum absolute atomic E-state index is 5.68. The van der Waals surface area contributed by atoms with E-state index in [9.17, 15) is 0 Å². The van der Waals surface area contributed by atoms with Crippen LogP contribution in [0.25, 0.3) is 11.2 Å². The Bertz CT molecular complexity index is 550. The molecular formula is C8H9N7. The minimum Gasteiger partial charge on any atom is -0.382 e. The first-order valence-corrected chi connectivity index (χ1v) is 4.10. The van der Waals surface area contributed by atoms with Crippen molar-refractivity contribution in [1.29, 1.82) is 0 Å². The minimum atomic E-state index is -0.649. The highest BCUT2D eigenvalue weighted by Crippen LogP contribution is 2.19. The molecule has 2 aromatic heterocycles. The standard InChI is InChI=1S/C8H9N7/c1-2-4(9)15-3-12-7-5(15)6(10)13-8(11)14-7/h1,3-4H,9H2,(H4,10,11,13,14). The monoisotopic (exact) mass is 203 g/mol. The number of terminal acetylenes is 1. The average Bonchev–Trinajstić information content (AvgIpc) is 2.60. The fraction of sp³-hybridized carbons (Fsp3) is 0.125. The number of rotatable bonds is 1. The van der Waals surface area contributed by atoms with Gasteiger partial charge in [0, 0.05) is 0 Å². The lowest BCUT2D eigenvalue weighted by atomic mass is 10.4. The van der Waals surface area contributed by atoms with Crippen molar-refractivity contribution in [2.75, 3.05) is 11.5 Å². The second-order valence-electron chi connectivity index (χ2n) is 2.90. The highest BCUT2D eigenvalue weighted by molar-refractivity contribution is 5.83. The summed E-state index contributed by atoms with van der Waals surface area (Å²) in [5.41, 5.74) is 17.6. The molecule has 0 aliphatic rings. The zero-order valence-corrected chi connectivity index (χ0v) is 7.75. The van der Waals surface area contributed by atoms with Gasteiger partial charge in [0.25, 0.3) is 0 Å². The summed E-state index contributed by atoms with van der Waals surface area (Å²) < 4.78 is 1.52. The molecule has 1 unspecified atom stereocenters. The Morgan fingerprint density at radius 2 is 2.13 bits per heavy atom. The van der Waals surface area contributed by atoms with E-state index in [-0.39, 0.29) is 11.8 Å². The number of nitrogens with zero attached hydrogens (tertiary/aromatic N) is 4. The smallest absolute Gasteiger partial charge is 0.224 e. The fourth-order valence-corrected chi connectivity index (χ4v) is 1.28. The Hall–Kier alpha value is -2.33. The van der Waals surface area contributed by atoms with Crippen LogP contribution in [0.2, 0.25) is 0 Å². The van der Waals surface area contributed by atoms with E-state index in [2.05, 4.69) is 20.9 Å². The number of anilines is 2. The third kappa shape index (κ3) is 1.33. The molecule has 2 aromatic rings. The predicted molar refractivity (Wildman–Crippen MR) is 56.2 cm³/mol. The number of imidazole rings is 1. The molecule has 6 N–H and O–H groups in total. The van der Waals surface area contributed by atoms with Crippen molar-refractivity contribution in [3.8, 4) is 12.3 Å². The summed E-state index contributed by atoms with van der Waals surface area (Å²) >= 11 is 0. The van der Waals surface area contributed by atoms with Crippen LogP contribution in [-0.4, -0.2) is 19.5 Å². The molecule has 0 saturated heterocycles. The van der Waals surface area contributed by atoms with Crippen molar-refractivity contribution >= 4 is 22.9 Å². The van der Waals surface area contributed by atoms with Gasteiger partial charge in [-0.3, -0.25) is 4.57 Å². The van der Waals surface area contributed by atoms with Crippen LogP contribution in [0.5, 0.6) is 0 Å². The molecule has 0 spiro atoms. The summed E-state index contributed by atoms with van der Waals surface area (Å²) in [4.78, 5) is 11.7. The van der Waals surface area contributed by atoms with Crippen LogP contribution in [0.1, 0.15) is 6.17 Å². The second-order valence-corrected chi connectivity index (χ2v) is 2.90. The Morgan fingerprint density at radius 3 is 2.80 bits per heavy atom. The molecule has 7 heteroatoms. The van der Waals surface area contributed by atoms with Crippen LogP contribution in [0.15, 0.2) is 6.33 Å². The summed E-state index contributed by atoms with van der Waals surface area (Å²) in [5, 5.41) is 0. The largest absolute Gasteiger partial charge is 0.382 e. The van der Waals surface area contributed by atoms with E-state index in [0.717, 1.165) is 0 Å². The van der Waals surface area contributed by atoms with Crippen LogP contribution in [0.4, 0.5) is 11.8 Å². The molecule has 0 amide bonds. The molecule has 0 saturated carbocycles. The second kappa shape index (κ2) is 3.11. The molecule has 7 nitrogen and oxygen atoms in total. The molecule has 76 valence electrons. The van der Waals surface area contributed by atoms with Crippen LogP contribution >= 0.6 is 0 Å². The molecule has 0 bridgehead atoms. The van der Waals surface area contributed by atoms with E-state index in [1.54, 1.807) is 0 Å². The van der Waals surface area contributed by atoms with Gasteiger partial charge < -0.3 is 17.2 Å². The zero-order valence-electron chi connectivity index (χ0n) is 7.75. The van der Waals surface area contributed by atoms with E-state index in [1.165, 1.54) is 10.9 Å². The molecule has 2 heterocycles. The molecule has 0 fully saturated rings. The van der Waals surface area contributed by atoms with E-state index in [0.29, 0.717) is 11.2 Å². The van der Waals surface area contributed by atoms with Gasteiger partial charge in [-0.2, -0.15) is 9.97 Å². The summed E-state index contributed by atoms with van der Waals surface area (Å²) in [6, 6.07) is 0. The van der Waals surface area contributed by atoms with Crippen molar-refractivity contribution in [2.24, 2.45) is 5.73 Å². The van der Waals surface area contributed by atoms with Crippen molar-refractivity contribution in [2.45, 2.75) is 6.17 Å². The fourth-order valence-electron chi connectivity index (χ4n) is 1.28. The van der Waals surface area contributed by atoms with Gasteiger partial charge in [-0.05, 0) is 0 Å². The van der Waals surface area contributed by atoms with Crippen LogP contribution in [-0.2, 0) is 0 Å². The van der Waals surface area contributed by atoms with Gasteiger partial charge in [0.2, 0.25) is 5.95 Å². The van der Waals surface area contributed by atoms with Gasteiger partial charge in [-0.15, -0.1) is 6.42 Å². The van der Waals surface area contributed by atoms with E-state index >= 15 is 0 Å². The minimum absolute atomic E-state index is 0.0690. The summed E-state index contributed by atoms with van der Waals surface area (Å²) in [6.07, 6.45) is 6.01. The first-order chi connectivity index (χ1) is 7.13. The number of aromatic nitrogens is 4. The van der Waals surface area contributed by atoms with Crippen LogP contribution < -0.4 is 17.2 Å². The van der Waals surface area contributed by atoms with Gasteiger partial charge in [0.1, 0.15) is 11.7 Å². The lowest BCUT2D eigenvalue weighted by Gasteiger charge is -2.07. The SMILES string of the molecule is C#CC(N)n1cnc2nc(N)nc(N)c21. The van der Waals surface area contributed by atoms with Crippen LogP contribution in [0.3, 0.4) is 0 Å². The van der Waals surface area contributed by atoms with Crippen molar-refractivity contribution in [3.05, 3.63) is 6.33 Å². The topological polar surface area (TPSA) is 122 Å².